The molecule has 0 bridgehead atoms. The van der Waals surface area contributed by atoms with E-state index in [0.29, 0.717) is 54.1 Å². The number of H-pyrrole nitrogens is 1. The zero-order valence-electron chi connectivity index (χ0n) is 17.2. The summed E-state index contributed by atoms with van der Waals surface area (Å²) in [6, 6.07) is 13.0. The van der Waals surface area contributed by atoms with Crippen molar-refractivity contribution in [2.75, 3.05) is 25.1 Å². The van der Waals surface area contributed by atoms with Gasteiger partial charge in [0.2, 0.25) is 5.91 Å². The summed E-state index contributed by atoms with van der Waals surface area (Å²) < 4.78 is 19.1. The normalized spacial score (nSPS) is 12.8. The van der Waals surface area contributed by atoms with Crippen molar-refractivity contribution >= 4 is 23.8 Å². The number of rotatable bonds is 7. The summed E-state index contributed by atoms with van der Waals surface area (Å²) >= 11 is 5.36. The van der Waals surface area contributed by atoms with Gasteiger partial charge in [0, 0.05) is 36.7 Å². The number of nitrogens with zero attached hydrogens (tertiary/aromatic N) is 2. The van der Waals surface area contributed by atoms with Crippen LogP contribution in [0.5, 0.6) is 17.2 Å². The highest BCUT2D eigenvalue weighted by Crippen LogP contribution is 2.32. The lowest BCUT2D eigenvalue weighted by Crippen LogP contribution is -2.15. The molecule has 0 unspecified atom stereocenters. The van der Waals surface area contributed by atoms with E-state index in [4.69, 9.17) is 26.4 Å². The molecule has 1 aliphatic heterocycles. The first-order valence-corrected chi connectivity index (χ1v) is 10.6. The summed E-state index contributed by atoms with van der Waals surface area (Å²) in [6.45, 7) is 4.17. The maximum atomic E-state index is 12.5. The molecule has 0 fully saturated rings. The molecular weight excluding hydrogens is 416 g/mol. The molecule has 162 valence electrons. The molecule has 31 heavy (non-hydrogen) atoms. The van der Waals surface area contributed by atoms with Gasteiger partial charge in [-0.3, -0.25) is 14.5 Å². The Morgan fingerprint density at radius 2 is 1.97 bits per heavy atom. The Morgan fingerprint density at radius 3 is 2.74 bits per heavy atom. The lowest BCUT2D eigenvalue weighted by atomic mass is 10.2. The smallest absolute Gasteiger partial charge is 0.226 e. The zero-order valence-corrected chi connectivity index (χ0v) is 18.0. The molecule has 8 nitrogen and oxygen atoms in total. The van der Waals surface area contributed by atoms with Gasteiger partial charge in [0.05, 0.1) is 19.8 Å². The Labute approximate surface area is 185 Å². The van der Waals surface area contributed by atoms with Crippen molar-refractivity contribution in [2.24, 2.45) is 0 Å². The lowest BCUT2D eigenvalue weighted by molar-refractivity contribution is -0.116. The number of fused-ring (bicyclic) bond motifs is 1. The molecule has 4 rings (SSSR count). The molecule has 2 aromatic carbocycles. The number of hydrogen-bond acceptors (Lipinski definition) is 6. The Morgan fingerprint density at radius 1 is 1.19 bits per heavy atom. The summed E-state index contributed by atoms with van der Waals surface area (Å²) in [7, 11) is 0. The molecule has 0 saturated carbocycles. The third-order valence-electron chi connectivity index (χ3n) is 4.78. The minimum absolute atomic E-state index is 0.129. The van der Waals surface area contributed by atoms with Gasteiger partial charge in [0.15, 0.2) is 22.1 Å². The predicted octanol–water partition coefficient (Wildman–Crippen LogP) is 4.20. The average Bonchev–Trinajstić information content (AvgIpc) is 2.98. The first kappa shape index (κ1) is 20.9. The van der Waals surface area contributed by atoms with Crippen molar-refractivity contribution in [3.8, 4) is 28.6 Å². The van der Waals surface area contributed by atoms with Crippen molar-refractivity contribution < 1.29 is 19.0 Å². The third kappa shape index (κ3) is 5.05. The van der Waals surface area contributed by atoms with Gasteiger partial charge in [0.25, 0.3) is 0 Å². The van der Waals surface area contributed by atoms with Gasteiger partial charge in [-0.05, 0) is 55.5 Å². The molecule has 0 spiro atoms. The Balaban J connectivity index is 1.41. The monoisotopic (exact) mass is 440 g/mol. The van der Waals surface area contributed by atoms with Gasteiger partial charge in [-0.25, -0.2) is 0 Å². The number of amides is 1. The van der Waals surface area contributed by atoms with Crippen LogP contribution in [0.3, 0.4) is 0 Å². The van der Waals surface area contributed by atoms with Gasteiger partial charge in [-0.1, -0.05) is 0 Å². The summed E-state index contributed by atoms with van der Waals surface area (Å²) in [6.07, 6.45) is 1.07. The minimum Gasteiger partial charge on any atom is -0.494 e. The number of nitrogens with one attached hydrogen (secondary N) is 2. The minimum atomic E-state index is -0.129. The summed E-state index contributed by atoms with van der Waals surface area (Å²) in [5.41, 5.74) is 1.55. The van der Waals surface area contributed by atoms with E-state index < -0.39 is 0 Å². The van der Waals surface area contributed by atoms with Crippen LogP contribution in [-0.2, 0) is 11.3 Å². The van der Waals surface area contributed by atoms with Gasteiger partial charge >= 0.3 is 0 Å². The number of carbonyl (C=O) groups is 1. The van der Waals surface area contributed by atoms with Gasteiger partial charge in [-0.2, -0.15) is 5.10 Å². The maximum Gasteiger partial charge on any atom is 0.226 e. The number of carbonyl (C=O) groups excluding carboxylic acids is 1. The quantitative estimate of drug-likeness (QED) is 0.535. The molecule has 2 N–H and O–H groups in total. The molecule has 1 aliphatic rings. The van der Waals surface area contributed by atoms with Crippen LogP contribution in [0.2, 0.25) is 0 Å². The van der Waals surface area contributed by atoms with Crippen LogP contribution in [0.1, 0.15) is 19.8 Å². The van der Waals surface area contributed by atoms with E-state index in [1.807, 2.05) is 41.8 Å². The van der Waals surface area contributed by atoms with Crippen LogP contribution < -0.4 is 19.5 Å². The van der Waals surface area contributed by atoms with E-state index in [-0.39, 0.29) is 12.3 Å². The highest BCUT2D eigenvalue weighted by atomic mass is 32.1. The van der Waals surface area contributed by atoms with Crippen molar-refractivity contribution in [3.63, 3.8) is 0 Å². The van der Waals surface area contributed by atoms with Crippen molar-refractivity contribution in [3.05, 3.63) is 47.2 Å². The molecule has 2 heterocycles. The first-order valence-electron chi connectivity index (χ1n) is 10.2. The number of ether oxygens (including phenoxy) is 3. The molecular formula is C22H24N4O4S. The van der Waals surface area contributed by atoms with Crippen molar-refractivity contribution in [1.29, 1.82) is 0 Å². The van der Waals surface area contributed by atoms with Crippen LogP contribution >= 0.6 is 12.2 Å². The highest BCUT2D eigenvalue weighted by Gasteiger charge is 2.14. The molecule has 1 amide bonds. The van der Waals surface area contributed by atoms with E-state index in [1.165, 1.54) is 0 Å². The molecule has 9 heteroatoms. The molecule has 0 radical (unpaired) electrons. The molecule has 3 aromatic rings. The van der Waals surface area contributed by atoms with Gasteiger partial charge in [0.1, 0.15) is 5.75 Å². The molecule has 0 atom stereocenters. The fourth-order valence-electron chi connectivity index (χ4n) is 3.29. The largest absolute Gasteiger partial charge is 0.494 e. The van der Waals surface area contributed by atoms with Crippen molar-refractivity contribution in [2.45, 2.75) is 26.3 Å². The molecule has 1 aromatic heterocycles. The van der Waals surface area contributed by atoms with Crippen LogP contribution in [0.25, 0.3) is 11.4 Å². The Bertz CT molecular complexity index is 1110. The van der Waals surface area contributed by atoms with Crippen LogP contribution in [0.15, 0.2) is 42.5 Å². The van der Waals surface area contributed by atoms with E-state index in [2.05, 4.69) is 15.5 Å². The summed E-state index contributed by atoms with van der Waals surface area (Å²) in [5.74, 6) is 2.68. The second-order valence-corrected chi connectivity index (χ2v) is 7.36. The van der Waals surface area contributed by atoms with E-state index in [0.717, 1.165) is 17.7 Å². The fraction of sp³-hybridized carbons (Fsp3) is 0.318. The maximum absolute atomic E-state index is 12.5. The van der Waals surface area contributed by atoms with Crippen LogP contribution in [0, 0.1) is 4.77 Å². The number of aromatic amines is 1. The molecule has 0 saturated heterocycles. The first-order chi connectivity index (χ1) is 15.1. The Kier molecular flexibility index (Phi) is 6.51. The second-order valence-electron chi connectivity index (χ2n) is 6.97. The standard InChI is InChI=1S/C22H24N4O4S/c1-2-28-17-7-4-15(5-8-17)21-24-25-22(31)26(21)11-10-20(27)23-16-6-9-18-19(14-16)30-13-3-12-29-18/h4-9,14H,2-3,10-13H2,1H3,(H,23,27)(H,25,31). The Hall–Kier alpha value is -3.33. The van der Waals surface area contributed by atoms with Crippen LogP contribution in [0.4, 0.5) is 5.69 Å². The number of anilines is 1. The van der Waals surface area contributed by atoms with E-state index in [9.17, 15) is 4.79 Å². The topological polar surface area (TPSA) is 90.4 Å². The van der Waals surface area contributed by atoms with Gasteiger partial charge < -0.3 is 19.5 Å². The summed E-state index contributed by atoms with van der Waals surface area (Å²) in [4.78, 5) is 12.5. The predicted molar refractivity (Wildman–Crippen MR) is 119 cm³/mol. The fourth-order valence-corrected chi connectivity index (χ4v) is 3.51. The van der Waals surface area contributed by atoms with Crippen LogP contribution in [-0.4, -0.2) is 40.5 Å². The van der Waals surface area contributed by atoms with Crippen molar-refractivity contribution in [1.82, 2.24) is 14.8 Å². The van der Waals surface area contributed by atoms with E-state index in [1.54, 1.807) is 12.1 Å². The van der Waals surface area contributed by atoms with Gasteiger partial charge in [-0.15, -0.1) is 0 Å². The SMILES string of the molecule is CCOc1ccc(-c2n[nH]c(=S)n2CCC(=O)Nc2ccc3c(c2)OCCCO3)cc1. The highest BCUT2D eigenvalue weighted by molar-refractivity contribution is 7.71. The number of benzene rings is 2. The number of aromatic nitrogens is 3. The summed E-state index contributed by atoms with van der Waals surface area (Å²) in [5, 5.41) is 10.0. The molecule has 0 aliphatic carbocycles. The zero-order chi connectivity index (χ0) is 21.6. The second kappa shape index (κ2) is 9.65. The third-order valence-corrected chi connectivity index (χ3v) is 5.09. The lowest BCUT2D eigenvalue weighted by Gasteiger charge is -2.11. The average molecular weight is 441 g/mol. The van der Waals surface area contributed by atoms with E-state index >= 15 is 0 Å². The number of hydrogen-bond donors (Lipinski definition) is 2.